The molecule has 20 heavy (non-hydrogen) atoms. The van der Waals surface area contributed by atoms with Crippen LogP contribution in [0.15, 0.2) is 36.5 Å². The first-order valence-corrected chi connectivity index (χ1v) is 6.48. The van der Waals surface area contributed by atoms with E-state index in [1.807, 2.05) is 19.1 Å². The van der Waals surface area contributed by atoms with Crippen molar-refractivity contribution in [2.75, 3.05) is 24.3 Å². The highest BCUT2D eigenvalue weighted by molar-refractivity contribution is 5.90. The maximum Gasteiger partial charge on any atom is 0.227 e. The number of carbonyl (C=O) groups excluding carboxylic acids is 1. The molecule has 2 aromatic rings. The third kappa shape index (κ3) is 3.58. The van der Waals surface area contributed by atoms with E-state index in [9.17, 15) is 4.79 Å². The maximum absolute atomic E-state index is 11.8. The lowest BCUT2D eigenvalue weighted by Gasteiger charge is -2.09. The van der Waals surface area contributed by atoms with Crippen LogP contribution in [-0.4, -0.2) is 28.9 Å². The Morgan fingerprint density at radius 3 is 2.80 bits per heavy atom. The van der Waals surface area contributed by atoms with Crippen LogP contribution in [0.2, 0.25) is 0 Å². The molecule has 1 amide bonds. The van der Waals surface area contributed by atoms with E-state index in [0.717, 1.165) is 5.69 Å². The van der Waals surface area contributed by atoms with Gasteiger partial charge in [-0.1, -0.05) is 0 Å². The topological polar surface area (TPSA) is 82.2 Å². The number of hydrogen-bond donors (Lipinski definition) is 2. The van der Waals surface area contributed by atoms with Gasteiger partial charge in [-0.2, -0.15) is 5.10 Å². The quantitative estimate of drug-likeness (QED) is 0.622. The number of benzene rings is 1. The predicted octanol–water partition coefficient (Wildman–Crippen LogP) is 1.82. The van der Waals surface area contributed by atoms with Gasteiger partial charge >= 0.3 is 0 Å². The molecule has 2 rings (SSSR count). The summed E-state index contributed by atoms with van der Waals surface area (Å²) in [5.74, 6) is 0.520. The lowest BCUT2D eigenvalue weighted by Crippen LogP contribution is -2.16. The number of nitrogens with zero attached hydrogens (tertiary/aromatic N) is 2. The zero-order valence-electron chi connectivity index (χ0n) is 11.4. The summed E-state index contributed by atoms with van der Waals surface area (Å²) in [6.07, 6.45) is 1.95. The van der Waals surface area contributed by atoms with Gasteiger partial charge in [0.25, 0.3) is 0 Å². The summed E-state index contributed by atoms with van der Waals surface area (Å²) in [5, 5.41) is 7.01. The zero-order valence-corrected chi connectivity index (χ0v) is 11.4. The zero-order chi connectivity index (χ0) is 14.4. The summed E-state index contributed by atoms with van der Waals surface area (Å²) >= 11 is 0. The molecule has 0 aliphatic heterocycles. The van der Waals surface area contributed by atoms with E-state index in [1.165, 1.54) is 0 Å². The fourth-order valence-corrected chi connectivity index (χ4v) is 1.73. The standard InChI is InChI=1S/C14H18N4O2/c1-2-20-10-8-14(19)17-13-7-9-16-18(13)12-5-3-11(15)4-6-12/h3-7,9H,2,8,10,15H2,1H3,(H,17,19). The normalized spacial score (nSPS) is 10.4. The largest absolute Gasteiger partial charge is 0.399 e. The first kappa shape index (κ1) is 14.1. The van der Waals surface area contributed by atoms with Crippen molar-refractivity contribution >= 4 is 17.4 Å². The van der Waals surface area contributed by atoms with Crippen LogP contribution < -0.4 is 11.1 Å². The Hall–Kier alpha value is -2.34. The van der Waals surface area contributed by atoms with Gasteiger partial charge in [0.15, 0.2) is 0 Å². The van der Waals surface area contributed by atoms with Gasteiger partial charge < -0.3 is 15.8 Å². The van der Waals surface area contributed by atoms with E-state index in [1.54, 1.807) is 29.1 Å². The summed E-state index contributed by atoms with van der Waals surface area (Å²) in [6.45, 7) is 2.92. The second kappa shape index (κ2) is 6.72. The molecule has 3 N–H and O–H groups in total. The Morgan fingerprint density at radius 2 is 2.10 bits per heavy atom. The minimum atomic E-state index is -0.101. The number of nitrogen functional groups attached to an aromatic ring is 1. The van der Waals surface area contributed by atoms with Crippen LogP contribution in [0.1, 0.15) is 13.3 Å². The molecule has 6 heteroatoms. The lowest BCUT2D eigenvalue weighted by atomic mass is 10.3. The van der Waals surface area contributed by atoms with Crippen molar-refractivity contribution < 1.29 is 9.53 Å². The minimum absolute atomic E-state index is 0.101. The van der Waals surface area contributed by atoms with Crippen LogP contribution in [0, 0.1) is 0 Å². The number of rotatable bonds is 6. The van der Waals surface area contributed by atoms with Crippen molar-refractivity contribution in [1.82, 2.24) is 9.78 Å². The molecule has 1 aromatic heterocycles. The summed E-state index contributed by atoms with van der Waals surface area (Å²) in [4.78, 5) is 11.8. The minimum Gasteiger partial charge on any atom is -0.399 e. The molecule has 0 saturated heterocycles. The van der Waals surface area contributed by atoms with Gasteiger partial charge in [-0.3, -0.25) is 4.79 Å². The van der Waals surface area contributed by atoms with E-state index in [4.69, 9.17) is 10.5 Å². The van der Waals surface area contributed by atoms with Crippen molar-refractivity contribution in [2.45, 2.75) is 13.3 Å². The molecule has 0 radical (unpaired) electrons. The van der Waals surface area contributed by atoms with Gasteiger partial charge in [0.1, 0.15) is 5.82 Å². The number of ether oxygens (including phenoxy) is 1. The second-order valence-corrected chi connectivity index (χ2v) is 4.21. The molecule has 6 nitrogen and oxygen atoms in total. The first-order valence-electron chi connectivity index (χ1n) is 6.48. The molecule has 0 bridgehead atoms. The van der Waals surface area contributed by atoms with E-state index < -0.39 is 0 Å². The second-order valence-electron chi connectivity index (χ2n) is 4.21. The molecule has 0 saturated carbocycles. The van der Waals surface area contributed by atoms with E-state index in [-0.39, 0.29) is 5.91 Å². The predicted molar refractivity (Wildman–Crippen MR) is 77.7 cm³/mol. The maximum atomic E-state index is 11.8. The van der Waals surface area contributed by atoms with Crippen LogP contribution in [0.4, 0.5) is 11.5 Å². The molecule has 106 valence electrons. The van der Waals surface area contributed by atoms with Crippen molar-refractivity contribution in [3.63, 3.8) is 0 Å². The number of hydrogen-bond acceptors (Lipinski definition) is 4. The van der Waals surface area contributed by atoms with Crippen molar-refractivity contribution in [2.24, 2.45) is 0 Å². The Morgan fingerprint density at radius 1 is 1.35 bits per heavy atom. The Labute approximate surface area is 117 Å². The number of anilines is 2. The number of aromatic nitrogens is 2. The van der Waals surface area contributed by atoms with Crippen LogP contribution >= 0.6 is 0 Å². The molecule has 0 spiro atoms. The summed E-state index contributed by atoms with van der Waals surface area (Å²) in [5.41, 5.74) is 7.17. The van der Waals surface area contributed by atoms with Crippen molar-refractivity contribution in [1.29, 1.82) is 0 Å². The molecular formula is C14H18N4O2. The Balaban J connectivity index is 2.05. The molecule has 0 fully saturated rings. The molecular weight excluding hydrogens is 256 g/mol. The van der Waals surface area contributed by atoms with Gasteiger partial charge in [0.2, 0.25) is 5.91 Å². The monoisotopic (exact) mass is 274 g/mol. The molecule has 0 aliphatic carbocycles. The average Bonchev–Trinajstić information content (AvgIpc) is 2.88. The third-order valence-electron chi connectivity index (χ3n) is 2.73. The molecule has 1 aromatic carbocycles. The highest BCUT2D eigenvalue weighted by Gasteiger charge is 2.08. The van der Waals surface area contributed by atoms with E-state index in [0.29, 0.717) is 31.1 Å². The molecule has 0 aliphatic rings. The van der Waals surface area contributed by atoms with Gasteiger partial charge in [-0.05, 0) is 31.2 Å². The summed E-state index contributed by atoms with van der Waals surface area (Å²) in [7, 11) is 0. The first-order chi connectivity index (χ1) is 9.70. The van der Waals surface area contributed by atoms with Gasteiger partial charge in [0.05, 0.1) is 24.9 Å². The van der Waals surface area contributed by atoms with E-state index in [2.05, 4.69) is 10.4 Å². The van der Waals surface area contributed by atoms with Crippen LogP contribution in [0.25, 0.3) is 5.69 Å². The Kier molecular flexibility index (Phi) is 4.73. The number of carbonyl (C=O) groups is 1. The molecule has 0 atom stereocenters. The lowest BCUT2D eigenvalue weighted by molar-refractivity contribution is -0.117. The SMILES string of the molecule is CCOCCC(=O)Nc1ccnn1-c1ccc(N)cc1. The Bertz CT molecular complexity index is 563. The highest BCUT2D eigenvalue weighted by Crippen LogP contribution is 2.16. The fourth-order valence-electron chi connectivity index (χ4n) is 1.73. The average molecular weight is 274 g/mol. The van der Waals surface area contributed by atoms with Crippen LogP contribution in [-0.2, 0) is 9.53 Å². The third-order valence-corrected chi connectivity index (χ3v) is 2.73. The van der Waals surface area contributed by atoms with Crippen LogP contribution in [0.3, 0.4) is 0 Å². The summed E-state index contributed by atoms with van der Waals surface area (Å²) < 4.78 is 6.81. The number of nitrogens with one attached hydrogen (secondary N) is 1. The van der Waals surface area contributed by atoms with Gasteiger partial charge in [-0.15, -0.1) is 0 Å². The van der Waals surface area contributed by atoms with Gasteiger partial charge in [0, 0.05) is 18.4 Å². The molecule has 0 unspecified atom stereocenters. The number of nitrogens with two attached hydrogens (primary N) is 1. The number of amides is 1. The smallest absolute Gasteiger partial charge is 0.227 e. The van der Waals surface area contributed by atoms with E-state index >= 15 is 0 Å². The summed E-state index contributed by atoms with van der Waals surface area (Å²) in [6, 6.07) is 9.01. The van der Waals surface area contributed by atoms with Crippen LogP contribution in [0.5, 0.6) is 0 Å². The fraction of sp³-hybridized carbons (Fsp3) is 0.286. The van der Waals surface area contributed by atoms with Crippen molar-refractivity contribution in [3.05, 3.63) is 36.5 Å². The highest BCUT2D eigenvalue weighted by atomic mass is 16.5. The molecule has 1 heterocycles. The van der Waals surface area contributed by atoms with Crippen molar-refractivity contribution in [3.8, 4) is 5.69 Å². The van der Waals surface area contributed by atoms with Gasteiger partial charge in [-0.25, -0.2) is 4.68 Å².